The first-order valence-electron chi connectivity index (χ1n) is 8.44. The highest BCUT2D eigenvalue weighted by Gasteiger charge is 2.17. The summed E-state index contributed by atoms with van der Waals surface area (Å²) in [5.41, 5.74) is 1.61. The van der Waals surface area contributed by atoms with Gasteiger partial charge in [-0.1, -0.05) is 5.16 Å². The minimum atomic E-state index is -0.272. The Morgan fingerprint density at radius 3 is 2.54 bits per heavy atom. The topological polar surface area (TPSA) is 108 Å². The Labute approximate surface area is 160 Å². The highest BCUT2D eigenvalue weighted by molar-refractivity contribution is 6.05. The Bertz CT molecular complexity index is 1070. The van der Waals surface area contributed by atoms with E-state index in [1.807, 2.05) is 0 Å². The zero-order valence-electron chi connectivity index (χ0n) is 15.2. The van der Waals surface area contributed by atoms with E-state index >= 15 is 0 Å². The molecule has 0 radical (unpaired) electrons. The smallest absolute Gasteiger partial charge is 0.261 e. The first-order chi connectivity index (χ1) is 13.6. The monoisotopic (exact) mass is 376 g/mol. The molecule has 1 aromatic carbocycles. The molecule has 0 aliphatic heterocycles. The minimum Gasteiger partial charge on any atom is -0.438 e. The van der Waals surface area contributed by atoms with E-state index in [9.17, 15) is 4.79 Å². The summed E-state index contributed by atoms with van der Waals surface area (Å²) < 4.78 is 12.5. The lowest BCUT2D eigenvalue weighted by Gasteiger charge is -2.08. The van der Waals surface area contributed by atoms with Crippen molar-refractivity contribution >= 4 is 11.6 Å². The number of nitrogens with one attached hydrogen (secondary N) is 1. The highest BCUT2D eigenvalue weighted by atomic mass is 16.5. The van der Waals surface area contributed by atoms with Gasteiger partial charge in [0.15, 0.2) is 5.82 Å². The van der Waals surface area contributed by atoms with Gasteiger partial charge in [0.05, 0.1) is 5.69 Å². The van der Waals surface area contributed by atoms with E-state index in [4.69, 9.17) is 9.26 Å². The van der Waals surface area contributed by atoms with Crippen molar-refractivity contribution in [1.82, 2.24) is 24.9 Å². The van der Waals surface area contributed by atoms with Crippen LogP contribution < -0.4 is 10.1 Å². The van der Waals surface area contributed by atoms with Crippen LogP contribution >= 0.6 is 0 Å². The average Bonchev–Trinajstić information content (AvgIpc) is 3.34. The minimum absolute atomic E-state index is 0.272. The summed E-state index contributed by atoms with van der Waals surface area (Å²) in [6, 6.07) is 10.4. The third kappa shape index (κ3) is 3.58. The number of imidazole rings is 1. The molecule has 140 valence electrons. The Balaban J connectivity index is 1.41. The molecule has 0 fully saturated rings. The highest BCUT2D eigenvalue weighted by Crippen LogP contribution is 2.22. The van der Waals surface area contributed by atoms with Crippen LogP contribution in [0.2, 0.25) is 0 Å². The van der Waals surface area contributed by atoms with Gasteiger partial charge in [0.25, 0.3) is 5.91 Å². The predicted molar refractivity (Wildman–Crippen MR) is 99.6 cm³/mol. The number of ether oxygens (including phenoxy) is 1. The van der Waals surface area contributed by atoms with Crippen molar-refractivity contribution in [3.8, 4) is 17.4 Å². The van der Waals surface area contributed by atoms with Gasteiger partial charge in [-0.2, -0.15) is 0 Å². The third-order valence-corrected chi connectivity index (χ3v) is 3.99. The fourth-order valence-electron chi connectivity index (χ4n) is 2.63. The fourth-order valence-corrected chi connectivity index (χ4v) is 2.63. The van der Waals surface area contributed by atoms with Crippen molar-refractivity contribution < 1.29 is 14.1 Å². The fraction of sp³-hybridized carbons (Fsp3) is 0.105. The maximum absolute atomic E-state index is 12.4. The number of rotatable bonds is 5. The molecule has 28 heavy (non-hydrogen) atoms. The number of benzene rings is 1. The van der Waals surface area contributed by atoms with Crippen LogP contribution in [0.15, 0.2) is 59.6 Å². The van der Waals surface area contributed by atoms with Gasteiger partial charge in [-0.05, 0) is 44.2 Å². The van der Waals surface area contributed by atoms with E-state index in [-0.39, 0.29) is 5.91 Å². The van der Waals surface area contributed by atoms with Gasteiger partial charge < -0.3 is 14.6 Å². The summed E-state index contributed by atoms with van der Waals surface area (Å²) in [6.07, 6.45) is 5.08. The Hall–Kier alpha value is -4.01. The van der Waals surface area contributed by atoms with E-state index in [0.29, 0.717) is 40.2 Å². The zero-order valence-corrected chi connectivity index (χ0v) is 15.2. The van der Waals surface area contributed by atoms with Crippen molar-refractivity contribution in [3.63, 3.8) is 0 Å². The molecule has 9 heteroatoms. The number of carbonyl (C=O) groups excluding carboxylic acids is 1. The first kappa shape index (κ1) is 17.4. The van der Waals surface area contributed by atoms with Crippen LogP contribution in [0.25, 0.3) is 5.82 Å². The van der Waals surface area contributed by atoms with Gasteiger partial charge >= 0.3 is 0 Å². The first-order valence-corrected chi connectivity index (χ1v) is 8.44. The van der Waals surface area contributed by atoms with Crippen molar-refractivity contribution in [2.75, 3.05) is 5.32 Å². The second-order valence-corrected chi connectivity index (χ2v) is 5.98. The van der Waals surface area contributed by atoms with Gasteiger partial charge in [-0.15, -0.1) is 10.2 Å². The Morgan fingerprint density at radius 2 is 1.93 bits per heavy atom. The standard InChI is InChI=1S/C19H16N6O3/c1-12-18(13(2)28-24-12)19(26)21-14-3-5-15(6-4-14)27-17-8-7-16(22-23-17)25-10-9-20-11-25/h3-11H,1-2H3,(H,21,26). The summed E-state index contributed by atoms with van der Waals surface area (Å²) >= 11 is 0. The molecule has 0 spiro atoms. The SMILES string of the molecule is Cc1noc(C)c1C(=O)Nc1ccc(Oc2ccc(-n3ccnc3)nn2)cc1. The van der Waals surface area contributed by atoms with E-state index in [1.54, 1.807) is 73.5 Å². The average molecular weight is 376 g/mol. The van der Waals surface area contributed by atoms with E-state index < -0.39 is 0 Å². The number of amides is 1. The van der Waals surface area contributed by atoms with Crippen molar-refractivity contribution in [3.05, 3.63) is 72.1 Å². The number of aryl methyl sites for hydroxylation is 2. The molecule has 1 amide bonds. The molecule has 0 saturated heterocycles. The molecule has 4 aromatic rings. The molecular formula is C19H16N6O3. The lowest BCUT2D eigenvalue weighted by Crippen LogP contribution is -2.13. The Morgan fingerprint density at radius 1 is 1.11 bits per heavy atom. The van der Waals surface area contributed by atoms with Crippen molar-refractivity contribution in [2.45, 2.75) is 13.8 Å². The molecular weight excluding hydrogens is 360 g/mol. The quantitative estimate of drug-likeness (QED) is 0.569. The summed E-state index contributed by atoms with van der Waals surface area (Å²) in [6.45, 7) is 3.42. The lowest BCUT2D eigenvalue weighted by atomic mass is 10.2. The molecule has 0 atom stereocenters. The molecule has 9 nitrogen and oxygen atoms in total. The summed E-state index contributed by atoms with van der Waals surface area (Å²) in [7, 11) is 0. The van der Waals surface area contributed by atoms with Crippen molar-refractivity contribution in [2.24, 2.45) is 0 Å². The van der Waals surface area contributed by atoms with Gasteiger partial charge in [0.2, 0.25) is 5.88 Å². The zero-order chi connectivity index (χ0) is 19.5. The molecule has 0 aliphatic carbocycles. The Kier molecular flexibility index (Phi) is 4.55. The van der Waals surface area contributed by atoms with Crippen molar-refractivity contribution in [1.29, 1.82) is 0 Å². The molecule has 3 aromatic heterocycles. The van der Waals surface area contributed by atoms with Crippen LogP contribution in [0.1, 0.15) is 21.8 Å². The van der Waals surface area contributed by atoms with Crippen LogP contribution in [-0.4, -0.2) is 30.8 Å². The second-order valence-electron chi connectivity index (χ2n) is 5.98. The maximum Gasteiger partial charge on any atom is 0.261 e. The van der Waals surface area contributed by atoms with Gasteiger partial charge in [0, 0.05) is 24.1 Å². The number of hydrogen-bond acceptors (Lipinski definition) is 7. The van der Waals surface area contributed by atoms with E-state index in [1.165, 1.54) is 0 Å². The number of carbonyl (C=O) groups is 1. The third-order valence-electron chi connectivity index (χ3n) is 3.99. The summed E-state index contributed by atoms with van der Waals surface area (Å²) in [5, 5.41) is 14.7. The maximum atomic E-state index is 12.4. The molecule has 0 bridgehead atoms. The second kappa shape index (κ2) is 7.31. The number of nitrogens with zero attached hydrogens (tertiary/aromatic N) is 5. The van der Waals surface area contributed by atoms with Gasteiger partial charge in [-0.25, -0.2) is 4.98 Å². The molecule has 0 aliphatic rings. The predicted octanol–water partition coefficient (Wildman–Crippen LogP) is 3.31. The van der Waals surface area contributed by atoms with Gasteiger partial charge in [-0.3, -0.25) is 9.36 Å². The molecule has 3 heterocycles. The van der Waals surface area contributed by atoms with Crippen LogP contribution in [0.5, 0.6) is 11.6 Å². The number of aromatic nitrogens is 5. The van der Waals surface area contributed by atoms with E-state index in [0.717, 1.165) is 0 Å². The van der Waals surface area contributed by atoms with Crippen LogP contribution in [0.4, 0.5) is 5.69 Å². The number of hydrogen-bond donors (Lipinski definition) is 1. The molecule has 4 rings (SSSR count). The van der Waals surface area contributed by atoms with Crippen LogP contribution in [-0.2, 0) is 0 Å². The number of anilines is 1. The summed E-state index contributed by atoms with van der Waals surface area (Å²) in [5.74, 6) is 1.78. The molecule has 1 N–H and O–H groups in total. The lowest BCUT2D eigenvalue weighted by molar-refractivity contribution is 0.102. The molecule has 0 unspecified atom stereocenters. The van der Waals surface area contributed by atoms with Crippen LogP contribution in [0.3, 0.4) is 0 Å². The van der Waals surface area contributed by atoms with Gasteiger partial charge in [0.1, 0.15) is 23.4 Å². The largest absolute Gasteiger partial charge is 0.438 e. The molecule has 0 saturated carbocycles. The summed E-state index contributed by atoms with van der Waals surface area (Å²) in [4.78, 5) is 16.3. The van der Waals surface area contributed by atoms with Crippen LogP contribution in [0, 0.1) is 13.8 Å². The van der Waals surface area contributed by atoms with E-state index in [2.05, 4.69) is 25.7 Å². The normalized spacial score (nSPS) is 10.6.